The zero-order chi connectivity index (χ0) is 17.1. The van der Waals surface area contributed by atoms with E-state index in [0.717, 1.165) is 0 Å². The van der Waals surface area contributed by atoms with Crippen molar-refractivity contribution in [3.05, 3.63) is 34.2 Å². The first-order valence-corrected chi connectivity index (χ1v) is 7.45. The maximum Gasteiger partial charge on any atom is 0.261 e. The molecule has 1 aromatic heterocycles. The normalized spacial score (nSPS) is 10.7. The van der Waals surface area contributed by atoms with E-state index in [1.807, 2.05) is 13.8 Å². The van der Waals surface area contributed by atoms with Crippen molar-refractivity contribution in [2.24, 2.45) is 0 Å². The molecular weight excluding hydrogens is 320 g/mol. The quantitative estimate of drug-likeness (QED) is 0.891. The number of nitrogens with zero attached hydrogens (tertiary/aromatic N) is 1. The number of ether oxygens (including phenoxy) is 2. The van der Waals surface area contributed by atoms with E-state index in [1.165, 1.54) is 14.2 Å². The Morgan fingerprint density at radius 2 is 1.91 bits per heavy atom. The van der Waals surface area contributed by atoms with Gasteiger partial charge in [0, 0.05) is 18.1 Å². The molecule has 0 atom stereocenters. The molecule has 0 aliphatic rings. The van der Waals surface area contributed by atoms with Crippen LogP contribution in [0.3, 0.4) is 0 Å². The number of amides is 1. The van der Waals surface area contributed by atoms with Gasteiger partial charge in [0.25, 0.3) is 5.91 Å². The molecule has 0 spiro atoms. The molecule has 0 unspecified atom stereocenters. The summed E-state index contributed by atoms with van der Waals surface area (Å²) in [5.41, 5.74) is 1.41. The summed E-state index contributed by atoms with van der Waals surface area (Å²) in [6.07, 6.45) is 0. The number of aryl methyl sites for hydroxylation is 1. The molecule has 1 aromatic carbocycles. The second-order valence-corrected chi connectivity index (χ2v) is 5.71. The fourth-order valence-corrected chi connectivity index (χ4v) is 2.43. The monoisotopic (exact) mass is 338 g/mol. The first-order chi connectivity index (χ1) is 10.9. The van der Waals surface area contributed by atoms with Gasteiger partial charge >= 0.3 is 0 Å². The number of carbonyl (C=O) groups excluding carboxylic acids is 1. The molecule has 1 amide bonds. The third kappa shape index (κ3) is 3.42. The number of carbonyl (C=O) groups is 1. The number of nitrogens with one attached hydrogen (secondary N) is 1. The highest BCUT2D eigenvalue weighted by Gasteiger charge is 2.23. The van der Waals surface area contributed by atoms with Crippen LogP contribution in [0.2, 0.25) is 5.02 Å². The highest BCUT2D eigenvalue weighted by molar-refractivity contribution is 6.32. The van der Waals surface area contributed by atoms with Crippen molar-refractivity contribution in [1.82, 2.24) is 5.16 Å². The lowest BCUT2D eigenvalue weighted by atomic mass is 10.0. The van der Waals surface area contributed by atoms with Crippen molar-refractivity contribution < 1.29 is 18.8 Å². The minimum atomic E-state index is -0.324. The molecule has 0 saturated carbocycles. The van der Waals surface area contributed by atoms with E-state index in [-0.39, 0.29) is 11.8 Å². The van der Waals surface area contributed by atoms with Gasteiger partial charge in [-0.3, -0.25) is 4.79 Å². The SMILES string of the molecule is COc1cc(NC(=O)c2c(C)noc2C(C)C)c(OC)cc1Cl. The molecule has 6 nitrogen and oxygen atoms in total. The van der Waals surface area contributed by atoms with Crippen LogP contribution in [0, 0.1) is 6.92 Å². The van der Waals surface area contributed by atoms with Gasteiger partial charge in [-0.2, -0.15) is 0 Å². The van der Waals surface area contributed by atoms with Gasteiger partial charge in [-0.15, -0.1) is 0 Å². The van der Waals surface area contributed by atoms with Gasteiger partial charge < -0.3 is 19.3 Å². The van der Waals surface area contributed by atoms with Crippen LogP contribution in [0.4, 0.5) is 5.69 Å². The van der Waals surface area contributed by atoms with E-state index >= 15 is 0 Å². The Bertz CT molecular complexity index is 725. The van der Waals surface area contributed by atoms with Crippen LogP contribution in [0.25, 0.3) is 0 Å². The molecule has 0 aliphatic heterocycles. The van der Waals surface area contributed by atoms with Crippen molar-refractivity contribution in [2.75, 3.05) is 19.5 Å². The number of hydrogen-bond acceptors (Lipinski definition) is 5. The van der Waals surface area contributed by atoms with Crippen LogP contribution in [0.15, 0.2) is 16.7 Å². The van der Waals surface area contributed by atoms with Gasteiger partial charge in [-0.1, -0.05) is 30.6 Å². The first-order valence-electron chi connectivity index (χ1n) is 7.08. The first kappa shape index (κ1) is 17.1. The summed E-state index contributed by atoms with van der Waals surface area (Å²) in [6, 6.07) is 3.19. The second-order valence-electron chi connectivity index (χ2n) is 5.30. The minimum absolute atomic E-state index is 0.0404. The molecular formula is C16H19ClN2O4. The van der Waals surface area contributed by atoms with Crippen LogP contribution in [-0.2, 0) is 0 Å². The number of halogens is 1. The lowest BCUT2D eigenvalue weighted by Gasteiger charge is -2.13. The Balaban J connectivity index is 2.39. The highest BCUT2D eigenvalue weighted by Crippen LogP contribution is 2.36. The van der Waals surface area contributed by atoms with Gasteiger partial charge in [0.2, 0.25) is 0 Å². The van der Waals surface area contributed by atoms with E-state index in [4.69, 9.17) is 25.6 Å². The molecule has 1 N–H and O–H groups in total. The topological polar surface area (TPSA) is 73.6 Å². The molecule has 0 fully saturated rings. The summed E-state index contributed by atoms with van der Waals surface area (Å²) in [5, 5.41) is 7.07. The van der Waals surface area contributed by atoms with Crippen molar-refractivity contribution in [1.29, 1.82) is 0 Å². The number of rotatable bonds is 5. The molecule has 1 heterocycles. The fourth-order valence-electron chi connectivity index (χ4n) is 2.20. The number of anilines is 1. The minimum Gasteiger partial charge on any atom is -0.495 e. The van der Waals surface area contributed by atoms with Crippen molar-refractivity contribution in [3.8, 4) is 11.5 Å². The maximum atomic E-state index is 12.6. The number of benzene rings is 1. The highest BCUT2D eigenvalue weighted by atomic mass is 35.5. The summed E-state index contributed by atoms with van der Waals surface area (Å²) in [5.74, 6) is 1.13. The number of hydrogen-bond donors (Lipinski definition) is 1. The van der Waals surface area contributed by atoms with Crippen molar-refractivity contribution in [3.63, 3.8) is 0 Å². The maximum absolute atomic E-state index is 12.6. The van der Waals surface area contributed by atoms with Crippen LogP contribution in [0.5, 0.6) is 11.5 Å². The average Bonchev–Trinajstić information content (AvgIpc) is 2.90. The van der Waals surface area contributed by atoms with E-state index in [9.17, 15) is 4.79 Å². The molecule has 2 rings (SSSR count). The predicted octanol–water partition coefficient (Wildman–Crippen LogP) is 4.03. The molecule has 2 aromatic rings. The van der Waals surface area contributed by atoms with Crippen LogP contribution in [0.1, 0.15) is 41.6 Å². The summed E-state index contributed by atoms with van der Waals surface area (Å²) in [7, 11) is 3.00. The molecule has 0 radical (unpaired) electrons. The summed E-state index contributed by atoms with van der Waals surface area (Å²) in [4.78, 5) is 12.6. The molecule has 0 bridgehead atoms. The van der Waals surface area contributed by atoms with Crippen molar-refractivity contribution in [2.45, 2.75) is 26.7 Å². The Morgan fingerprint density at radius 1 is 1.26 bits per heavy atom. The molecule has 7 heteroatoms. The molecule has 0 saturated heterocycles. The summed E-state index contributed by atoms with van der Waals surface area (Å²) >= 11 is 6.07. The summed E-state index contributed by atoms with van der Waals surface area (Å²) in [6.45, 7) is 5.59. The van der Waals surface area contributed by atoms with E-state index in [2.05, 4.69) is 10.5 Å². The Morgan fingerprint density at radius 3 is 2.48 bits per heavy atom. The summed E-state index contributed by atoms with van der Waals surface area (Å²) < 4.78 is 15.7. The number of aromatic nitrogens is 1. The van der Waals surface area contributed by atoms with Crippen LogP contribution >= 0.6 is 11.6 Å². The van der Waals surface area contributed by atoms with E-state index < -0.39 is 0 Å². The van der Waals surface area contributed by atoms with Crippen molar-refractivity contribution >= 4 is 23.2 Å². The Hall–Kier alpha value is -2.21. The largest absolute Gasteiger partial charge is 0.495 e. The van der Waals surface area contributed by atoms with Crippen LogP contribution < -0.4 is 14.8 Å². The molecule has 124 valence electrons. The third-order valence-corrected chi connectivity index (χ3v) is 3.66. The van der Waals surface area contributed by atoms with Gasteiger partial charge in [0.05, 0.1) is 30.6 Å². The van der Waals surface area contributed by atoms with E-state index in [1.54, 1.807) is 19.1 Å². The Labute approximate surface area is 139 Å². The lowest BCUT2D eigenvalue weighted by molar-refractivity contribution is 0.102. The number of methoxy groups -OCH3 is 2. The standard InChI is InChI=1S/C16H19ClN2O4/c1-8(2)15-14(9(3)19-23-15)16(20)18-11-7-12(21-4)10(17)6-13(11)22-5/h6-8H,1-5H3,(H,18,20). The predicted molar refractivity (Wildman–Crippen MR) is 87.8 cm³/mol. The van der Waals surface area contributed by atoms with Gasteiger partial charge in [0.1, 0.15) is 17.1 Å². The average molecular weight is 339 g/mol. The zero-order valence-electron chi connectivity index (χ0n) is 13.7. The smallest absolute Gasteiger partial charge is 0.261 e. The molecule has 23 heavy (non-hydrogen) atoms. The molecule has 0 aliphatic carbocycles. The fraction of sp³-hybridized carbons (Fsp3) is 0.375. The van der Waals surface area contributed by atoms with Gasteiger partial charge in [-0.05, 0) is 6.92 Å². The second kappa shape index (κ2) is 6.91. The third-order valence-electron chi connectivity index (χ3n) is 3.36. The zero-order valence-corrected chi connectivity index (χ0v) is 14.4. The van der Waals surface area contributed by atoms with E-state index in [0.29, 0.717) is 39.2 Å². The lowest BCUT2D eigenvalue weighted by Crippen LogP contribution is -2.15. The van der Waals surface area contributed by atoms with Crippen LogP contribution in [-0.4, -0.2) is 25.3 Å². The Kier molecular flexibility index (Phi) is 5.15. The van der Waals surface area contributed by atoms with Gasteiger partial charge in [0.15, 0.2) is 5.76 Å². The van der Waals surface area contributed by atoms with Gasteiger partial charge in [-0.25, -0.2) is 0 Å².